The largest absolute Gasteiger partial charge is 0.354 e. The smallest absolute Gasteiger partial charge is 0.137 e. The first-order valence-electron chi connectivity index (χ1n) is 11.1. The summed E-state index contributed by atoms with van der Waals surface area (Å²) in [6.45, 7) is 4.65. The minimum atomic E-state index is 0.812. The van der Waals surface area contributed by atoms with Crippen LogP contribution in [0.3, 0.4) is 0 Å². The molecule has 0 saturated carbocycles. The summed E-state index contributed by atoms with van der Waals surface area (Å²) in [7, 11) is 0. The zero-order valence-corrected chi connectivity index (χ0v) is 17.8. The third-order valence-corrected chi connectivity index (χ3v) is 6.21. The molecular weight excluding hydrogens is 396 g/mol. The maximum atomic E-state index is 5.05. The van der Waals surface area contributed by atoms with Crippen molar-refractivity contribution < 1.29 is 0 Å². The van der Waals surface area contributed by atoms with Crippen molar-refractivity contribution in [3.63, 3.8) is 0 Å². The second-order valence-corrected chi connectivity index (χ2v) is 8.25. The molecule has 1 saturated heterocycles. The molecule has 1 fully saturated rings. The Morgan fingerprint density at radius 1 is 0.688 bits per heavy atom. The molecular formula is C26H24N6. The van der Waals surface area contributed by atoms with Gasteiger partial charge in [0.15, 0.2) is 0 Å². The van der Waals surface area contributed by atoms with E-state index in [1.165, 1.54) is 16.2 Å². The molecule has 1 aliphatic rings. The average Bonchev–Trinajstić information content (AvgIpc) is 3.33. The van der Waals surface area contributed by atoms with Gasteiger partial charge in [-0.2, -0.15) is 0 Å². The Balaban J connectivity index is 1.20. The molecule has 0 spiro atoms. The van der Waals surface area contributed by atoms with Gasteiger partial charge in [0.25, 0.3) is 0 Å². The maximum absolute atomic E-state index is 5.05. The Bertz CT molecular complexity index is 1370. The number of para-hydroxylation sites is 2. The van der Waals surface area contributed by atoms with Crippen molar-refractivity contribution in [3.8, 4) is 5.69 Å². The van der Waals surface area contributed by atoms with Crippen LogP contribution >= 0.6 is 0 Å². The lowest BCUT2D eigenvalue weighted by molar-refractivity contribution is 0.246. The minimum Gasteiger partial charge on any atom is -0.354 e. The summed E-state index contributed by atoms with van der Waals surface area (Å²) in [6, 6.07) is 27.1. The second kappa shape index (κ2) is 8.05. The maximum Gasteiger partial charge on any atom is 0.137 e. The van der Waals surface area contributed by atoms with Crippen LogP contribution in [-0.2, 0) is 6.54 Å². The Morgan fingerprint density at radius 3 is 2.19 bits per heavy atom. The number of hydrogen-bond acceptors (Lipinski definition) is 5. The van der Waals surface area contributed by atoms with Gasteiger partial charge in [0.05, 0.1) is 23.1 Å². The molecule has 1 aliphatic heterocycles. The third kappa shape index (κ3) is 3.48. The quantitative estimate of drug-likeness (QED) is 0.406. The topological polar surface area (TPSA) is 50.1 Å². The zero-order chi connectivity index (χ0) is 21.3. The molecule has 0 radical (unpaired) electrons. The van der Waals surface area contributed by atoms with Crippen LogP contribution in [0.5, 0.6) is 0 Å². The molecule has 3 heterocycles. The third-order valence-electron chi connectivity index (χ3n) is 6.21. The fourth-order valence-corrected chi connectivity index (χ4v) is 4.55. The number of rotatable bonds is 4. The van der Waals surface area contributed by atoms with Crippen molar-refractivity contribution in [1.29, 1.82) is 0 Å². The highest BCUT2D eigenvalue weighted by molar-refractivity contribution is 6.10. The van der Waals surface area contributed by atoms with Crippen LogP contribution in [0.15, 0.2) is 85.1 Å². The Morgan fingerprint density at radius 2 is 1.38 bits per heavy atom. The van der Waals surface area contributed by atoms with E-state index < -0.39 is 0 Å². The number of piperazine rings is 1. The van der Waals surface area contributed by atoms with Crippen LogP contribution in [0.2, 0.25) is 0 Å². The molecule has 0 aliphatic carbocycles. The number of nitrogens with zero attached hydrogens (tertiary/aromatic N) is 6. The van der Waals surface area contributed by atoms with Crippen molar-refractivity contribution in [3.05, 3.63) is 90.8 Å². The molecule has 0 unspecified atom stereocenters. The molecule has 0 amide bonds. The molecule has 2 aromatic heterocycles. The van der Waals surface area contributed by atoms with Crippen molar-refractivity contribution in [2.75, 3.05) is 31.1 Å². The van der Waals surface area contributed by atoms with Gasteiger partial charge in [0.2, 0.25) is 0 Å². The van der Waals surface area contributed by atoms with Gasteiger partial charge in [-0.3, -0.25) is 4.90 Å². The molecule has 6 rings (SSSR count). The van der Waals surface area contributed by atoms with Crippen LogP contribution in [0.25, 0.3) is 27.4 Å². The Kier molecular flexibility index (Phi) is 4.77. The predicted molar refractivity (Wildman–Crippen MR) is 128 cm³/mol. The molecule has 3 aromatic carbocycles. The molecule has 6 heteroatoms. The van der Waals surface area contributed by atoms with Gasteiger partial charge in [-0.15, -0.1) is 5.10 Å². The SMILES string of the molecule is c1ccc(-n2cc(CN3CCN(c4nc5ccccc5c5ccccc45)CC3)nn2)cc1. The van der Waals surface area contributed by atoms with Crippen LogP contribution < -0.4 is 4.90 Å². The monoisotopic (exact) mass is 420 g/mol. The van der Waals surface area contributed by atoms with E-state index in [4.69, 9.17) is 4.98 Å². The molecule has 0 atom stereocenters. The first-order valence-corrected chi connectivity index (χ1v) is 11.1. The fourth-order valence-electron chi connectivity index (χ4n) is 4.55. The summed E-state index contributed by atoms with van der Waals surface area (Å²) >= 11 is 0. The van der Waals surface area contributed by atoms with Crippen molar-refractivity contribution in [1.82, 2.24) is 24.9 Å². The highest BCUT2D eigenvalue weighted by atomic mass is 15.4. The first-order chi connectivity index (χ1) is 15.8. The van der Waals surface area contributed by atoms with E-state index in [9.17, 15) is 0 Å². The molecule has 0 bridgehead atoms. The van der Waals surface area contributed by atoms with Crippen LogP contribution in [-0.4, -0.2) is 51.1 Å². The van der Waals surface area contributed by atoms with Gasteiger partial charge >= 0.3 is 0 Å². The molecule has 5 aromatic rings. The number of aromatic nitrogens is 4. The van der Waals surface area contributed by atoms with E-state index in [1.807, 2.05) is 41.2 Å². The lowest BCUT2D eigenvalue weighted by Gasteiger charge is -2.35. The lowest BCUT2D eigenvalue weighted by atomic mass is 10.1. The molecule has 158 valence electrons. The van der Waals surface area contributed by atoms with Gasteiger partial charge in [0.1, 0.15) is 5.82 Å². The number of benzene rings is 3. The van der Waals surface area contributed by atoms with E-state index in [2.05, 4.69) is 68.6 Å². The summed E-state index contributed by atoms with van der Waals surface area (Å²) < 4.78 is 1.84. The normalized spacial score (nSPS) is 14.9. The van der Waals surface area contributed by atoms with Gasteiger partial charge in [-0.25, -0.2) is 9.67 Å². The second-order valence-electron chi connectivity index (χ2n) is 8.25. The highest BCUT2D eigenvalue weighted by Crippen LogP contribution is 2.31. The number of anilines is 1. The van der Waals surface area contributed by atoms with E-state index in [-0.39, 0.29) is 0 Å². The minimum absolute atomic E-state index is 0.812. The average molecular weight is 421 g/mol. The summed E-state index contributed by atoms with van der Waals surface area (Å²) in [6.07, 6.45) is 2.03. The summed E-state index contributed by atoms with van der Waals surface area (Å²) in [5, 5.41) is 12.4. The summed E-state index contributed by atoms with van der Waals surface area (Å²) in [4.78, 5) is 9.92. The zero-order valence-electron chi connectivity index (χ0n) is 17.8. The highest BCUT2D eigenvalue weighted by Gasteiger charge is 2.21. The van der Waals surface area contributed by atoms with E-state index in [0.29, 0.717) is 0 Å². The number of fused-ring (bicyclic) bond motifs is 3. The van der Waals surface area contributed by atoms with Crippen molar-refractivity contribution >= 4 is 27.5 Å². The Hall–Kier alpha value is -3.77. The van der Waals surface area contributed by atoms with Crippen molar-refractivity contribution in [2.24, 2.45) is 0 Å². The summed E-state index contributed by atoms with van der Waals surface area (Å²) in [5.74, 6) is 1.09. The van der Waals surface area contributed by atoms with Crippen LogP contribution in [0.1, 0.15) is 5.69 Å². The molecule has 32 heavy (non-hydrogen) atoms. The van der Waals surface area contributed by atoms with E-state index in [1.54, 1.807) is 0 Å². The van der Waals surface area contributed by atoms with Crippen LogP contribution in [0.4, 0.5) is 5.82 Å². The lowest BCUT2D eigenvalue weighted by Crippen LogP contribution is -2.46. The van der Waals surface area contributed by atoms with Crippen LogP contribution in [0, 0.1) is 0 Å². The van der Waals surface area contributed by atoms with E-state index >= 15 is 0 Å². The van der Waals surface area contributed by atoms with Gasteiger partial charge in [-0.1, -0.05) is 65.9 Å². The Labute approximate surface area is 186 Å². The van der Waals surface area contributed by atoms with Gasteiger partial charge < -0.3 is 4.90 Å². The van der Waals surface area contributed by atoms with Gasteiger partial charge in [0, 0.05) is 43.5 Å². The first kappa shape index (κ1) is 19.0. The predicted octanol–water partition coefficient (Wildman–Crippen LogP) is 4.29. The number of hydrogen-bond donors (Lipinski definition) is 0. The van der Waals surface area contributed by atoms with E-state index in [0.717, 1.165) is 55.4 Å². The van der Waals surface area contributed by atoms with Crippen molar-refractivity contribution in [2.45, 2.75) is 6.54 Å². The van der Waals surface area contributed by atoms with Gasteiger partial charge in [-0.05, 0) is 23.6 Å². The molecule has 0 N–H and O–H groups in total. The number of pyridine rings is 1. The molecule has 6 nitrogen and oxygen atoms in total. The fraction of sp³-hybridized carbons (Fsp3) is 0.192. The summed E-state index contributed by atoms with van der Waals surface area (Å²) in [5.41, 5.74) is 3.09. The standard InChI is InChI=1S/C26H24N6/c1-2-8-21(9-3-1)32-19-20(28-29-32)18-30-14-16-31(17-15-30)26-24-12-5-4-10-22(24)23-11-6-7-13-25(23)27-26/h1-13,19H,14-18H2.